The third kappa shape index (κ3) is 7.90. The summed E-state index contributed by atoms with van der Waals surface area (Å²) >= 11 is 1.27. The summed E-state index contributed by atoms with van der Waals surface area (Å²) in [5.74, 6) is 0.484. The van der Waals surface area contributed by atoms with Crippen molar-refractivity contribution in [3.05, 3.63) is 0 Å². The Morgan fingerprint density at radius 3 is 3.00 bits per heavy atom. The molecule has 0 fully saturated rings. The third-order valence-electron chi connectivity index (χ3n) is 1.56. The fraction of sp³-hybridized carbons (Fsp3) is 0.778. The van der Waals surface area contributed by atoms with Gasteiger partial charge in [0.2, 0.25) is 5.91 Å². The monoisotopic (exact) mass is 216 g/mol. The van der Waals surface area contributed by atoms with E-state index >= 15 is 0 Å². The number of thioether (sulfide) groups is 1. The van der Waals surface area contributed by atoms with Crippen LogP contribution in [0.3, 0.4) is 0 Å². The van der Waals surface area contributed by atoms with E-state index in [9.17, 15) is 9.90 Å². The average Bonchev–Trinajstić information content (AvgIpc) is 2.16. The van der Waals surface area contributed by atoms with Gasteiger partial charge < -0.3 is 10.4 Å². The van der Waals surface area contributed by atoms with Gasteiger partial charge in [0, 0.05) is 6.54 Å². The van der Waals surface area contributed by atoms with Gasteiger partial charge in [-0.25, -0.2) is 0 Å². The number of hydrogen-bond acceptors (Lipinski definition) is 4. The van der Waals surface area contributed by atoms with Crippen LogP contribution in [0.15, 0.2) is 0 Å². The molecule has 0 spiro atoms. The van der Waals surface area contributed by atoms with Crippen molar-refractivity contribution in [1.29, 1.82) is 5.26 Å². The molecule has 0 rings (SSSR count). The summed E-state index contributed by atoms with van der Waals surface area (Å²) in [6, 6.07) is 1.94. The Bertz CT molecular complexity index is 203. The lowest BCUT2D eigenvalue weighted by Gasteiger charge is -2.09. The lowest BCUT2D eigenvalue weighted by atomic mass is 10.2. The number of hydrogen-bond donors (Lipinski definition) is 2. The summed E-state index contributed by atoms with van der Waals surface area (Å²) in [6.07, 6.45) is 1.15. The summed E-state index contributed by atoms with van der Waals surface area (Å²) < 4.78 is 0. The Balaban J connectivity index is 3.39. The van der Waals surface area contributed by atoms with Gasteiger partial charge in [-0.05, 0) is 6.42 Å². The number of nitriles is 1. The Hall–Kier alpha value is -0.730. The molecule has 0 heterocycles. The number of nitrogens with zero attached hydrogens (tertiary/aromatic N) is 1. The molecule has 1 unspecified atom stereocenters. The van der Waals surface area contributed by atoms with E-state index in [0.717, 1.165) is 6.42 Å². The number of aliphatic hydroxyl groups is 1. The molecule has 5 heteroatoms. The summed E-state index contributed by atoms with van der Waals surface area (Å²) in [6.45, 7) is 2.29. The van der Waals surface area contributed by atoms with Crippen LogP contribution in [0.1, 0.15) is 19.8 Å². The van der Waals surface area contributed by atoms with E-state index in [-0.39, 0.29) is 11.7 Å². The first-order valence-electron chi connectivity index (χ1n) is 4.60. The molecule has 0 saturated carbocycles. The first-order valence-corrected chi connectivity index (χ1v) is 5.75. The predicted octanol–water partition coefficient (Wildman–Crippen LogP) is 0.520. The van der Waals surface area contributed by atoms with Crippen molar-refractivity contribution in [2.75, 3.05) is 18.1 Å². The quantitative estimate of drug-likeness (QED) is 0.608. The van der Waals surface area contributed by atoms with E-state index in [1.165, 1.54) is 11.8 Å². The molecule has 0 radical (unpaired) electrons. The van der Waals surface area contributed by atoms with E-state index in [2.05, 4.69) is 5.32 Å². The van der Waals surface area contributed by atoms with Crippen molar-refractivity contribution in [2.45, 2.75) is 25.9 Å². The maximum atomic E-state index is 11.1. The van der Waals surface area contributed by atoms with Crippen LogP contribution >= 0.6 is 11.8 Å². The Morgan fingerprint density at radius 2 is 2.43 bits per heavy atom. The minimum atomic E-state index is -0.454. The van der Waals surface area contributed by atoms with Crippen molar-refractivity contribution in [3.63, 3.8) is 0 Å². The van der Waals surface area contributed by atoms with Crippen molar-refractivity contribution in [2.24, 2.45) is 0 Å². The standard InChI is InChI=1S/C9H16N2O2S/c1-2-3-8(12)6-11-9(13)7-14-5-4-10/h8,12H,2-3,5-7H2,1H3,(H,11,13). The lowest BCUT2D eigenvalue weighted by molar-refractivity contribution is -0.119. The molecule has 2 N–H and O–H groups in total. The topological polar surface area (TPSA) is 73.1 Å². The Labute approximate surface area is 88.7 Å². The summed E-state index contributed by atoms with van der Waals surface area (Å²) in [5.41, 5.74) is 0. The smallest absolute Gasteiger partial charge is 0.230 e. The van der Waals surface area contributed by atoms with Gasteiger partial charge in [0.25, 0.3) is 0 Å². The molecule has 0 aliphatic carbocycles. The molecule has 0 saturated heterocycles. The average molecular weight is 216 g/mol. The second kappa shape index (κ2) is 8.85. The number of aliphatic hydroxyl groups excluding tert-OH is 1. The zero-order chi connectivity index (χ0) is 10.8. The van der Waals surface area contributed by atoms with E-state index in [4.69, 9.17) is 5.26 Å². The van der Waals surface area contributed by atoms with Gasteiger partial charge >= 0.3 is 0 Å². The second-order valence-corrected chi connectivity index (χ2v) is 3.88. The molecule has 0 bridgehead atoms. The molecule has 0 aromatic heterocycles. The van der Waals surface area contributed by atoms with Crippen LogP contribution in [0.4, 0.5) is 0 Å². The van der Waals surface area contributed by atoms with Crippen LogP contribution in [0, 0.1) is 11.3 Å². The number of carbonyl (C=O) groups is 1. The minimum Gasteiger partial charge on any atom is -0.391 e. The van der Waals surface area contributed by atoms with E-state index in [1.807, 2.05) is 13.0 Å². The largest absolute Gasteiger partial charge is 0.391 e. The molecule has 4 nitrogen and oxygen atoms in total. The third-order valence-corrected chi connectivity index (χ3v) is 2.36. The fourth-order valence-corrected chi connectivity index (χ4v) is 1.39. The van der Waals surface area contributed by atoms with Gasteiger partial charge in [0.15, 0.2) is 0 Å². The van der Waals surface area contributed by atoms with Crippen LogP contribution < -0.4 is 5.32 Å². The first kappa shape index (κ1) is 13.3. The number of amides is 1. The summed E-state index contributed by atoms with van der Waals surface area (Å²) in [7, 11) is 0. The van der Waals surface area contributed by atoms with Crippen LogP contribution in [0.5, 0.6) is 0 Å². The highest BCUT2D eigenvalue weighted by atomic mass is 32.2. The molecule has 14 heavy (non-hydrogen) atoms. The van der Waals surface area contributed by atoms with Gasteiger partial charge in [-0.3, -0.25) is 4.79 Å². The SMILES string of the molecule is CCCC(O)CNC(=O)CSCC#N. The second-order valence-electron chi connectivity index (χ2n) is 2.90. The zero-order valence-corrected chi connectivity index (χ0v) is 9.14. The van der Waals surface area contributed by atoms with Gasteiger partial charge in [-0.1, -0.05) is 13.3 Å². The molecule has 80 valence electrons. The summed E-state index contributed by atoms with van der Waals surface area (Å²) in [5, 5.41) is 20.1. The van der Waals surface area contributed by atoms with E-state index in [0.29, 0.717) is 18.7 Å². The van der Waals surface area contributed by atoms with Crippen LogP contribution in [0.2, 0.25) is 0 Å². The maximum absolute atomic E-state index is 11.1. The molecule has 0 aromatic rings. The number of nitrogens with one attached hydrogen (secondary N) is 1. The van der Waals surface area contributed by atoms with Crippen LogP contribution in [-0.4, -0.2) is 35.2 Å². The first-order chi connectivity index (χ1) is 6.70. The normalized spacial score (nSPS) is 11.8. The molecular formula is C9H16N2O2S. The Kier molecular flexibility index (Phi) is 8.39. The fourth-order valence-electron chi connectivity index (χ4n) is 0.907. The van der Waals surface area contributed by atoms with E-state index in [1.54, 1.807) is 0 Å². The van der Waals surface area contributed by atoms with Crippen LogP contribution in [-0.2, 0) is 4.79 Å². The van der Waals surface area contributed by atoms with Crippen LogP contribution in [0.25, 0.3) is 0 Å². The molecule has 0 aliphatic heterocycles. The lowest BCUT2D eigenvalue weighted by Crippen LogP contribution is -2.33. The molecule has 0 aliphatic rings. The molecule has 1 amide bonds. The Morgan fingerprint density at radius 1 is 1.71 bits per heavy atom. The van der Waals surface area contributed by atoms with Crippen molar-refractivity contribution >= 4 is 17.7 Å². The van der Waals surface area contributed by atoms with Gasteiger partial charge in [-0.2, -0.15) is 5.26 Å². The van der Waals surface area contributed by atoms with Crippen molar-refractivity contribution < 1.29 is 9.90 Å². The highest BCUT2D eigenvalue weighted by molar-refractivity contribution is 8.00. The maximum Gasteiger partial charge on any atom is 0.230 e. The number of carbonyl (C=O) groups excluding carboxylic acids is 1. The molecular weight excluding hydrogens is 200 g/mol. The number of rotatable bonds is 7. The predicted molar refractivity (Wildman–Crippen MR) is 56.9 cm³/mol. The van der Waals surface area contributed by atoms with Gasteiger partial charge in [0.1, 0.15) is 0 Å². The highest BCUT2D eigenvalue weighted by Gasteiger charge is 2.05. The van der Waals surface area contributed by atoms with Gasteiger partial charge in [-0.15, -0.1) is 11.8 Å². The van der Waals surface area contributed by atoms with Crippen molar-refractivity contribution in [3.8, 4) is 6.07 Å². The van der Waals surface area contributed by atoms with Gasteiger partial charge in [0.05, 0.1) is 23.7 Å². The molecule has 1 atom stereocenters. The van der Waals surface area contributed by atoms with E-state index < -0.39 is 6.10 Å². The molecule has 0 aromatic carbocycles. The summed E-state index contributed by atoms with van der Waals surface area (Å²) in [4.78, 5) is 11.1. The minimum absolute atomic E-state index is 0.125. The highest BCUT2D eigenvalue weighted by Crippen LogP contribution is 1.98. The zero-order valence-electron chi connectivity index (χ0n) is 8.32. The van der Waals surface area contributed by atoms with Crippen molar-refractivity contribution in [1.82, 2.24) is 5.32 Å².